The number of sulfone groups is 1. The van der Waals surface area contributed by atoms with Crippen molar-refractivity contribution in [2.24, 2.45) is 4.99 Å². The van der Waals surface area contributed by atoms with Gasteiger partial charge in [-0.2, -0.15) is 4.99 Å². The summed E-state index contributed by atoms with van der Waals surface area (Å²) in [7, 11) is -1.55. The number of carbonyl (C=O) groups is 1. The minimum absolute atomic E-state index is 0.0373. The van der Waals surface area contributed by atoms with Crippen LogP contribution in [0, 0.1) is 0 Å². The number of fused-ring (bicyclic) bond motifs is 1. The Morgan fingerprint density at radius 2 is 1.90 bits per heavy atom. The van der Waals surface area contributed by atoms with E-state index in [0.29, 0.717) is 16.7 Å². The fourth-order valence-corrected chi connectivity index (χ4v) is 7.36. The summed E-state index contributed by atoms with van der Waals surface area (Å²) in [6.45, 7) is -0.187. The summed E-state index contributed by atoms with van der Waals surface area (Å²) in [6, 6.07) is 16.1. The zero-order valence-electron chi connectivity index (χ0n) is 15.7. The number of nitrogens with zero attached hydrogens (tertiary/aromatic N) is 2. The number of anilines is 1. The predicted molar refractivity (Wildman–Crippen MR) is 114 cm³/mol. The Morgan fingerprint density at radius 3 is 2.66 bits per heavy atom. The molecule has 29 heavy (non-hydrogen) atoms. The second kappa shape index (κ2) is 8.08. The van der Waals surface area contributed by atoms with Crippen molar-refractivity contribution in [2.75, 3.05) is 30.1 Å². The van der Waals surface area contributed by atoms with Crippen LogP contribution in [0.25, 0.3) is 0 Å². The molecule has 9 heteroatoms. The van der Waals surface area contributed by atoms with E-state index >= 15 is 0 Å². The molecule has 7 nitrogen and oxygen atoms in total. The molecule has 0 saturated carbocycles. The zero-order chi connectivity index (χ0) is 20.4. The molecule has 0 aliphatic carbocycles. The topological polar surface area (TPSA) is 85.3 Å². The number of ether oxygens (including phenoxy) is 2. The average Bonchev–Trinajstić information content (AvgIpc) is 3.17. The molecule has 0 spiro atoms. The predicted octanol–water partition coefficient (Wildman–Crippen LogP) is 2.38. The molecule has 1 amide bonds. The maximum Gasteiger partial charge on any atom is 0.285 e. The van der Waals surface area contributed by atoms with Crippen LogP contribution in [0.2, 0.25) is 0 Å². The smallest absolute Gasteiger partial charge is 0.285 e. The minimum atomic E-state index is -3.12. The fourth-order valence-electron chi connectivity index (χ4n) is 3.43. The number of benzene rings is 2. The monoisotopic (exact) mass is 432 g/mol. The number of hydrogen-bond acceptors (Lipinski definition) is 6. The molecule has 2 aliphatic heterocycles. The van der Waals surface area contributed by atoms with E-state index < -0.39 is 15.7 Å². The van der Waals surface area contributed by atoms with Gasteiger partial charge in [-0.05, 0) is 24.3 Å². The van der Waals surface area contributed by atoms with Crippen LogP contribution in [0.4, 0.5) is 5.69 Å². The standard InChI is InChI=1S/C20H20N2O5S2/c1-26-16-9-5-6-14(10-16)22-17-12-29(24,25)13-18(17)28-20(22)21-19(23)11-27-15-7-3-2-4-8-15/h2-10,17-18H,11-13H2,1H3/t17-,18+/m1/s1. The molecule has 2 aromatic carbocycles. The SMILES string of the molecule is COc1cccc(N2C(=NC(=O)COc3ccccc3)S[C@H]3CS(=O)(=O)C[C@H]32)c1. The van der Waals surface area contributed by atoms with Gasteiger partial charge in [-0.25, -0.2) is 8.42 Å². The van der Waals surface area contributed by atoms with Crippen molar-refractivity contribution in [1.29, 1.82) is 0 Å². The van der Waals surface area contributed by atoms with Gasteiger partial charge in [-0.15, -0.1) is 0 Å². The van der Waals surface area contributed by atoms with E-state index in [1.54, 1.807) is 19.2 Å². The van der Waals surface area contributed by atoms with E-state index in [2.05, 4.69) is 4.99 Å². The molecule has 2 fully saturated rings. The van der Waals surface area contributed by atoms with Gasteiger partial charge in [0.05, 0.1) is 24.7 Å². The molecule has 2 aliphatic rings. The van der Waals surface area contributed by atoms with Gasteiger partial charge >= 0.3 is 0 Å². The lowest BCUT2D eigenvalue weighted by Crippen LogP contribution is -2.37. The van der Waals surface area contributed by atoms with Crippen LogP contribution in [0.1, 0.15) is 0 Å². The summed E-state index contributed by atoms with van der Waals surface area (Å²) < 4.78 is 35.1. The second-order valence-electron chi connectivity index (χ2n) is 6.76. The highest BCUT2D eigenvalue weighted by Gasteiger charge is 2.49. The van der Waals surface area contributed by atoms with Crippen molar-refractivity contribution in [3.63, 3.8) is 0 Å². The van der Waals surface area contributed by atoms with Crippen molar-refractivity contribution in [3.05, 3.63) is 54.6 Å². The lowest BCUT2D eigenvalue weighted by Gasteiger charge is -2.24. The molecular formula is C20H20N2O5S2. The number of hydrogen-bond donors (Lipinski definition) is 0. The Morgan fingerprint density at radius 1 is 1.14 bits per heavy atom. The van der Waals surface area contributed by atoms with Crippen LogP contribution in [-0.2, 0) is 14.6 Å². The Kier molecular flexibility index (Phi) is 5.51. The summed E-state index contributed by atoms with van der Waals surface area (Å²) in [4.78, 5) is 18.5. The first-order valence-electron chi connectivity index (χ1n) is 9.05. The van der Waals surface area contributed by atoms with Gasteiger partial charge in [0.2, 0.25) is 0 Å². The van der Waals surface area contributed by atoms with Crippen LogP contribution in [0.5, 0.6) is 11.5 Å². The molecule has 4 rings (SSSR count). The van der Waals surface area contributed by atoms with Crippen molar-refractivity contribution >= 4 is 38.4 Å². The molecule has 2 atom stereocenters. The molecule has 0 unspecified atom stereocenters. The van der Waals surface area contributed by atoms with Crippen LogP contribution < -0.4 is 14.4 Å². The van der Waals surface area contributed by atoms with E-state index in [4.69, 9.17) is 9.47 Å². The fraction of sp³-hybridized carbons (Fsp3) is 0.300. The largest absolute Gasteiger partial charge is 0.497 e. The minimum Gasteiger partial charge on any atom is -0.497 e. The zero-order valence-corrected chi connectivity index (χ0v) is 17.4. The van der Waals surface area contributed by atoms with Crippen molar-refractivity contribution in [2.45, 2.75) is 11.3 Å². The molecule has 2 heterocycles. The Hall–Kier alpha value is -2.52. The van der Waals surface area contributed by atoms with Crippen LogP contribution >= 0.6 is 11.8 Å². The van der Waals surface area contributed by atoms with Crippen molar-refractivity contribution < 1.29 is 22.7 Å². The maximum atomic E-state index is 12.4. The van der Waals surface area contributed by atoms with E-state index in [-0.39, 0.29) is 29.4 Å². The van der Waals surface area contributed by atoms with Crippen LogP contribution in [0.15, 0.2) is 59.6 Å². The second-order valence-corrected chi connectivity index (χ2v) is 10.1. The van der Waals surface area contributed by atoms with Gasteiger partial charge in [0, 0.05) is 17.0 Å². The third-order valence-corrected chi connectivity index (χ3v) is 7.93. The van der Waals surface area contributed by atoms with E-state index in [0.717, 1.165) is 5.69 Å². The lowest BCUT2D eigenvalue weighted by atomic mass is 10.2. The van der Waals surface area contributed by atoms with E-state index in [1.807, 2.05) is 47.4 Å². The van der Waals surface area contributed by atoms with Gasteiger partial charge in [0.15, 0.2) is 21.6 Å². The summed E-state index contributed by atoms with van der Waals surface area (Å²) in [5, 5.41) is 0.331. The Labute approximate surface area is 173 Å². The number of methoxy groups -OCH3 is 1. The molecule has 2 aromatic rings. The van der Waals surface area contributed by atoms with Crippen LogP contribution in [0.3, 0.4) is 0 Å². The number of amidine groups is 1. The van der Waals surface area contributed by atoms with Gasteiger partial charge in [0.25, 0.3) is 5.91 Å². The summed E-state index contributed by atoms with van der Waals surface area (Å²) >= 11 is 1.33. The highest BCUT2D eigenvalue weighted by molar-refractivity contribution is 8.16. The van der Waals surface area contributed by atoms with E-state index in [1.165, 1.54) is 11.8 Å². The molecule has 0 aromatic heterocycles. The first kappa shape index (κ1) is 19.8. The number of rotatable bonds is 5. The summed E-state index contributed by atoms with van der Waals surface area (Å²) in [5.74, 6) is 0.932. The quantitative estimate of drug-likeness (QED) is 0.717. The first-order valence-corrected chi connectivity index (χ1v) is 11.7. The number of carbonyl (C=O) groups excluding carboxylic acids is 1. The van der Waals surface area contributed by atoms with Gasteiger partial charge in [0.1, 0.15) is 11.5 Å². The molecule has 0 N–H and O–H groups in total. The Bertz CT molecular complexity index is 1040. The first-order chi connectivity index (χ1) is 13.9. The summed E-state index contributed by atoms with van der Waals surface area (Å²) in [6.07, 6.45) is 0. The van der Waals surface area contributed by atoms with Crippen LogP contribution in [-0.4, -0.2) is 56.0 Å². The molecule has 0 radical (unpaired) electrons. The Balaban J connectivity index is 1.59. The van der Waals surface area contributed by atoms with Gasteiger partial charge in [-0.3, -0.25) is 4.79 Å². The average molecular weight is 433 g/mol. The lowest BCUT2D eigenvalue weighted by molar-refractivity contribution is -0.119. The normalized spacial score (nSPS) is 23.8. The molecule has 0 bridgehead atoms. The van der Waals surface area contributed by atoms with Gasteiger partial charge < -0.3 is 14.4 Å². The third-order valence-electron chi connectivity index (χ3n) is 4.72. The molecule has 2 saturated heterocycles. The highest BCUT2D eigenvalue weighted by atomic mass is 32.2. The number of para-hydroxylation sites is 1. The summed E-state index contributed by atoms with van der Waals surface area (Å²) in [5.41, 5.74) is 0.747. The van der Waals surface area contributed by atoms with Crippen molar-refractivity contribution in [1.82, 2.24) is 0 Å². The van der Waals surface area contributed by atoms with Crippen molar-refractivity contribution in [3.8, 4) is 11.5 Å². The number of thioether (sulfide) groups is 1. The third kappa shape index (κ3) is 4.40. The van der Waals surface area contributed by atoms with E-state index in [9.17, 15) is 13.2 Å². The highest BCUT2D eigenvalue weighted by Crippen LogP contribution is 2.41. The number of amides is 1. The van der Waals surface area contributed by atoms with Gasteiger partial charge in [-0.1, -0.05) is 36.0 Å². The maximum absolute atomic E-state index is 12.4. The molecule has 152 valence electrons. The number of aliphatic imine (C=N–C) groups is 1. The molecular weight excluding hydrogens is 412 g/mol.